The van der Waals surface area contributed by atoms with E-state index >= 15 is 0 Å². The van der Waals surface area contributed by atoms with Crippen molar-refractivity contribution in [2.24, 2.45) is 0 Å². The number of hydrogen-bond donors (Lipinski definition) is 1. The van der Waals surface area contributed by atoms with Gasteiger partial charge in [0.15, 0.2) is 0 Å². The molecule has 4 rings (SSSR count). The Labute approximate surface area is 187 Å². The standard InChI is InChI=1S/C22H15ClFN3O4S/c23-18-12-15(25-20(28)17-8-4-5-9-19(17)24)10-11-16(18)21-26-27-22(31-21)32(29,30)13-14-6-2-1-3-7-14/h1-12H,13H2,(H,25,28). The van der Waals surface area contributed by atoms with Crippen LogP contribution in [0.3, 0.4) is 0 Å². The third kappa shape index (κ3) is 4.68. The molecular formula is C22H15ClFN3O4S. The van der Waals surface area contributed by atoms with Crippen molar-refractivity contribution in [3.63, 3.8) is 0 Å². The van der Waals surface area contributed by atoms with Crippen LogP contribution in [0, 0.1) is 5.82 Å². The Bertz CT molecular complexity index is 1390. The lowest BCUT2D eigenvalue weighted by Gasteiger charge is -2.08. The van der Waals surface area contributed by atoms with Gasteiger partial charge in [-0.3, -0.25) is 4.79 Å². The maximum Gasteiger partial charge on any atom is 0.336 e. The van der Waals surface area contributed by atoms with E-state index in [4.69, 9.17) is 16.0 Å². The predicted molar refractivity (Wildman–Crippen MR) is 116 cm³/mol. The van der Waals surface area contributed by atoms with Gasteiger partial charge >= 0.3 is 5.22 Å². The second-order valence-corrected chi connectivity index (χ2v) is 9.02. The van der Waals surface area contributed by atoms with Crippen LogP contribution in [-0.4, -0.2) is 24.5 Å². The predicted octanol–water partition coefficient (Wildman–Crippen LogP) is 4.76. The van der Waals surface area contributed by atoms with E-state index in [0.29, 0.717) is 11.3 Å². The maximum atomic E-state index is 13.8. The number of carbonyl (C=O) groups is 1. The fourth-order valence-electron chi connectivity index (χ4n) is 2.91. The number of rotatable bonds is 6. The van der Waals surface area contributed by atoms with E-state index in [1.54, 1.807) is 36.4 Å². The minimum absolute atomic E-state index is 0.0892. The van der Waals surface area contributed by atoms with Gasteiger partial charge in [0.2, 0.25) is 15.7 Å². The summed E-state index contributed by atoms with van der Waals surface area (Å²) in [6, 6.07) is 18.6. The molecule has 4 aromatic rings. The first-order chi connectivity index (χ1) is 15.3. The van der Waals surface area contributed by atoms with Crippen LogP contribution in [0.25, 0.3) is 11.5 Å². The summed E-state index contributed by atoms with van der Waals surface area (Å²) in [5.41, 5.74) is 1.06. The number of benzene rings is 3. The van der Waals surface area contributed by atoms with Crippen LogP contribution in [0.15, 0.2) is 82.4 Å². The van der Waals surface area contributed by atoms with Gasteiger partial charge in [-0.2, -0.15) is 0 Å². The molecule has 32 heavy (non-hydrogen) atoms. The molecule has 0 bridgehead atoms. The topological polar surface area (TPSA) is 102 Å². The van der Waals surface area contributed by atoms with Crippen molar-refractivity contribution in [1.29, 1.82) is 0 Å². The molecule has 0 radical (unpaired) electrons. The first-order valence-corrected chi connectivity index (χ1v) is 11.3. The summed E-state index contributed by atoms with van der Waals surface area (Å²) in [6.45, 7) is 0. The van der Waals surface area contributed by atoms with Gasteiger partial charge in [-0.1, -0.05) is 59.2 Å². The molecule has 1 amide bonds. The van der Waals surface area contributed by atoms with Crippen LogP contribution in [0.2, 0.25) is 5.02 Å². The molecule has 0 spiro atoms. The van der Waals surface area contributed by atoms with Gasteiger partial charge in [-0.15, -0.1) is 5.10 Å². The average Bonchev–Trinajstić information content (AvgIpc) is 3.25. The van der Waals surface area contributed by atoms with E-state index in [0.717, 1.165) is 0 Å². The summed E-state index contributed by atoms with van der Waals surface area (Å²) >= 11 is 6.28. The maximum absolute atomic E-state index is 13.8. The van der Waals surface area contributed by atoms with Crippen LogP contribution >= 0.6 is 11.6 Å². The van der Waals surface area contributed by atoms with Gasteiger partial charge in [0.25, 0.3) is 5.91 Å². The lowest BCUT2D eigenvalue weighted by atomic mass is 10.1. The molecule has 162 valence electrons. The summed E-state index contributed by atoms with van der Waals surface area (Å²) in [4.78, 5) is 12.3. The summed E-state index contributed by atoms with van der Waals surface area (Å²) in [7, 11) is -3.85. The smallest absolute Gasteiger partial charge is 0.336 e. The highest BCUT2D eigenvalue weighted by Gasteiger charge is 2.24. The number of anilines is 1. The molecule has 1 heterocycles. The number of amides is 1. The molecule has 0 atom stereocenters. The van der Waals surface area contributed by atoms with Crippen molar-refractivity contribution in [1.82, 2.24) is 10.2 Å². The number of aromatic nitrogens is 2. The highest BCUT2D eigenvalue weighted by atomic mass is 35.5. The molecule has 1 aromatic heterocycles. The largest absolute Gasteiger partial charge is 0.408 e. The van der Waals surface area contributed by atoms with Crippen molar-refractivity contribution < 1.29 is 22.0 Å². The fraction of sp³-hybridized carbons (Fsp3) is 0.0455. The summed E-state index contributed by atoms with van der Waals surface area (Å²) in [5.74, 6) is -1.67. The zero-order valence-electron chi connectivity index (χ0n) is 16.3. The van der Waals surface area contributed by atoms with Gasteiger partial charge in [0.05, 0.1) is 21.9 Å². The van der Waals surface area contributed by atoms with E-state index in [2.05, 4.69) is 15.5 Å². The lowest BCUT2D eigenvalue weighted by Crippen LogP contribution is -2.13. The van der Waals surface area contributed by atoms with Gasteiger partial charge in [0, 0.05) is 5.69 Å². The second kappa shape index (κ2) is 8.89. The van der Waals surface area contributed by atoms with Crippen LogP contribution in [0.5, 0.6) is 0 Å². The molecule has 0 unspecified atom stereocenters. The summed E-state index contributed by atoms with van der Waals surface area (Å²) in [5, 5.41) is 9.59. The van der Waals surface area contributed by atoms with Gasteiger partial charge in [0.1, 0.15) is 5.82 Å². The molecule has 7 nitrogen and oxygen atoms in total. The third-order valence-electron chi connectivity index (χ3n) is 4.45. The van der Waals surface area contributed by atoms with Gasteiger partial charge < -0.3 is 9.73 Å². The fourth-order valence-corrected chi connectivity index (χ4v) is 4.30. The Hall–Kier alpha value is -3.56. The number of nitrogens with zero attached hydrogens (tertiary/aromatic N) is 2. The van der Waals surface area contributed by atoms with Crippen molar-refractivity contribution in [3.8, 4) is 11.5 Å². The molecule has 0 aliphatic rings. The Morgan fingerprint density at radius 2 is 1.72 bits per heavy atom. The first kappa shape index (κ1) is 21.7. The number of hydrogen-bond acceptors (Lipinski definition) is 6. The number of carbonyl (C=O) groups excluding carboxylic acids is 1. The molecular weight excluding hydrogens is 457 g/mol. The number of sulfone groups is 1. The van der Waals surface area contributed by atoms with Crippen molar-refractivity contribution in [2.75, 3.05) is 5.32 Å². The monoisotopic (exact) mass is 471 g/mol. The lowest BCUT2D eigenvalue weighted by molar-refractivity contribution is 0.102. The molecule has 0 aliphatic carbocycles. The van der Waals surface area contributed by atoms with E-state index < -0.39 is 26.8 Å². The summed E-state index contributed by atoms with van der Waals surface area (Å²) in [6.07, 6.45) is 0. The molecule has 0 aliphatic heterocycles. The molecule has 1 N–H and O–H groups in total. The van der Waals surface area contributed by atoms with Crippen LogP contribution < -0.4 is 5.32 Å². The van der Waals surface area contributed by atoms with Crippen molar-refractivity contribution in [3.05, 3.63) is 94.8 Å². The molecule has 3 aromatic carbocycles. The van der Waals surface area contributed by atoms with Crippen LogP contribution in [0.1, 0.15) is 15.9 Å². The van der Waals surface area contributed by atoms with E-state index in [1.807, 2.05) is 0 Å². The van der Waals surface area contributed by atoms with E-state index in [9.17, 15) is 17.6 Å². The minimum atomic E-state index is -3.85. The molecule has 10 heteroatoms. The second-order valence-electron chi connectivity index (χ2n) is 6.75. The minimum Gasteiger partial charge on any atom is -0.408 e. The van der Waals surface area contributed by atoms with Gasteiger partial charge in [-0.05, 0) is 35.9 Å². The van der Waals surface area contributed by atoms with Crippen molar-refractivity contribution >= 4 is 33.0 Å². The van der Waals surface area contributed by atoms with Crippen molar-refractivity contribution in [2.45, 2.75) is 11.0 Å². The Balaban J connectivity index is 1.53. The van der Waals surface area contributed by atoms with Crippen LogP contribution in [0.4, 0.5) is 10.1 Å². The van der Waals surface area contributed by atoms with E-state index in [1.165, 1.54) is 36.4 Å². The zero-order valence-corrected chi connectivity index (χ0v) is 17.9. The Kier molecular flexibility index (Phi) is 6.02. The number of halogens is 2. The molecule has 0 fully saturated rings. The zero-order chi connectivity index (χ0) is 22.7. The summed E-state index contributed by atoms with van der Waals surface area (Å²) < 4.78 is 44.3. The van der Waals surface area contributed by atoms with E-state index in [-0.39, 0.29) is 27.8 Å². The number of nitrogens with one attached hydrogen (secondary N) is 1. The molecule has 0 saturated carbocycles. The average molecular weight is 472 g/mol. The quantitative estimate of drug-likeness (QED) is 0.435. The SMILES string of the molecule is O=C(Nc1ccc(-c2nnc(S(=O)(=O)Cc3ccccc3)o2)c(Cl)c1)c1ccccc1F. The highest BCUT2D eigenvalue weighted by Crippen LogP contribution is 2.31. The Morgan fingerprint density at radius 3 is 2.44 bits per heavy atom. The first-order valence-electron chi connectivity index (χ1n) is 9.29. The Morgan fingerprint density at radius 1 is 1.00 bits per heavy atom. The normalized spacial score (nSPS) is 11.3. The third-order valence-corrected chi connectivity index (χ3v) is 6.17. The highest BCUT2D eigenvalue weighted by molar-refractivity contribution is 7.90. The van der Waals surface area contributed by atoms with Gasteiger partial charge in [-0.25, -0.2) is 12.8 Å². The molecule has 0 saturated heterocycles. The van der Waals surface area contributed by atoms with Crippen LogP contribution in [-0.2, 0) is 15.6 Å².